The van der Waals surface area contributed by atoms with E-state index in [0.29, 0.717) is 42.7 Å². The molecule has 1 unspecified atom stereocenters. The molecule has 0 spiro atoms. The van der Waals surface area contributed by atoms with Crippen LogP contribution >= 0.6 is 11.6 Å². The first-order valence-corrected chi connectivity index (χ1v) is 18.4. The smallest absolute Gasteiger partial charge is 0.264 e. The van der Waals surface area contributed by atoms with Gasteiger partial charge in [0.1, 0.15) is 54.0 Å². The van der Waals surface area contributed by atoms with Crippen LogP contribution in [0.5, 0.6) is 5.75 Å². The van der Waals surface area contributed by atoms with Gasteiger partial charge < -0.3 is 45.7 Å². The maximum absolute atomic E-state index is 13.3. The SMILES string of the molecule is Nc1ncnc2c1ccn2[C@@H]1O[C@H]([C@H](O)c2ccc(Cl)c(OCC(=O)NCCCCCNc3cccc4c3C(=O)N(C3CCC(=O)NC3=O)C4=O)c2)[C@@H](O)[C@H]1O. The van der Waals surface area contributed by atoms with Crippen LogP contribution in [0.25, 0.3) is 11.0 Å². The normalized spacial score (nSPS) is 22.6. The van der Waals surface area contributed by atoms with Crippen LogP contribution in [0.2, 0.25) is 5.02 Å². The first-order chi connectivity index (χ1) is 26.9. The van der Waals surface area contributed by atoms with E-state index in [2.05, 4.69) is 25.9 Å². The maximum atomic E-state index is 13.3. The van der Waals surface area contributed by atoms with Gasteiger partial charge in [-0.15, -0.1) is 0 Å². The van der Waals surface area contributed by atoms with Crippen LogP contribution < -0.4 is 26.4 Å². The third-order valence-electron chi connectivity index (χ3n) is 10.0. The molecule has 3 aliphatic rings. The quantitative estimate of drug-likeness (QED) is 0.0700. The van der Waals surface area contributed by atoms with Crippen LogP contribution in [0, 0.1) is 0 Å². The lowest BCUT2D eigenvalue weighted by atomic mass is 9.99. The highest BCUT2D eigenvalue weighted by Gasteiger charge is 2.48. The summed E-state index contributed by atoms with van der Waals surface area (Å²) in [4.78, 5) is 71.9. The molecule has 56 heavy (non-hydrogen) atoms. The fourth-order valence-corrected chi connectivity index (χ4v) is 7.28. The summed E-state index contributed by atoms with van der Waals surface area (Å²) in [5.74, 6) is -2.32. The van der Waals surface area contributed by atoms with E-state index < -0.39 is 66.2 Å². The lowest BCUT2D eigenvalue weighted by molar-refractivity contribution is -0.136. The monoisotopic (exact) mass is 790 g/mol. The zero-order valence-electron chi connectivity index (χ0n) is 29.8. The van der Waals surface area contributed by atoms with Crippen molar-refractivity contribution in [3.63, 3.8) is 0 Å². The van der Waals surface area contributed by atoms with Gasteiger partial charge in [0.15, 0.2) is 12.8 Å². The van der Waals surface area contributed by atoms with Crippen LogP contribution in [-0.4, -0.2) is 108 Å². The van der Waals surface area contributed by atoms with E-state index in [1.807, 2.05) is 0 Å². The van der Waals surface area contributed by atoms with Crippen molar-refractivity contribution in [2.75, 3.05) is 30.7 Å². The molecule has 2 aromatic carbocycles. The van der Waals surface area contributed by atoms with E-state index in [9.17, 15) is 39.3 Å². The van der Waals surface area contributed by atoms with Gasteiger partial charge in [-0.05, 0) is 61.6 Å². The average Bonchev–Trinajstić information content (AvgIpc) is 3.82. The number of anilines is 2. The van der Waals surface area contributed by atoms with Crippen molar-refractivity contribution in [2.24, 2.45) is 0 Å². The molecule has 4 aromatic rings. The Morgan fingerprint density at radius 2 is 1.86 bits per heavy atom. The minimum Gasteiger partial charge on any atom is -0.482 e. The number of aromatic nitrogens is 3. The number of hydrogen-bond acceptors (Lipinski definition) is 14. The van der Waals surface area contributed by atoms with E-state index in [1.54, 1.807) is 24.4 Å². The number of unbranched alkanes of at least 4 members (excludes halogenated alkanes) is 2. The number of ether oxygens (including phenoxy) is 2. The van der Waals surface area contributed by atoms with E-state index in [-0.39, 0.29) is 52.7 Å². The second-order valence-electron chi connectivity index (χ2n) is 13.6. The Kier molecular flexibility index (Phi) is 11.2. The molecule has 5 amide bonds. The minimum atomic E-state index is -1.47. The second-order valence-corrected chi connectivity index (χ2v) is 14.0. The molecule has 294 valence electrons. The number of carbonyl (C=O) groups excluding carboxylic acids is 5. The van der Waals surface area contributed by atoms with Crippen molar-refractivity contribution in [3.8, 4) is 5.75 Å². The Labute approximate surface area is 323 Å². The number of fused-ring (bicyclic) bond motifs is 2. The van der Waals surface area contributed by atoms with Gasteiger partial charge in [-0.3, -0.25) is 34.2 Å². The van der Waals surface area contributed by atoms with Gasteiger partial charge in [-0.1, -0.05) is 23.7 Å². The van der Waals surface area contributed by atoms with Gasteiger partial charge in [0, 0.05) is 31.4 Å². The summed E-state index contributed by atoms with van der Waals surface area (Å²) in [6.07, 6.45) is -1.60. The molecule has 6 atom stereocenters. The highest BCUT2D eigenvalue weighted by atomic mass is 35.5. The van der Waals surface area contributed by atoms with Crippen LogP contribution in [0.3, 0.4) is 0 Å². The number of nitrogens with two attached hydrogens (primary N) is 1. The van der Waals surface area contributed by atoms with E-state index in [0.717, 1.165) is 11.3 Å². The van der Waals surface area contributed by atoms with Crippen LogP contribution in [0.15, 0.2) is 55.0 Å². The standard InChI is InChI=1S/C37H39ClN8O10/c38-21-8-7-18(28(49)31-29(50)30(51)37(56-31)45-14-11-20-32(39)42-17-43-33(20)45)15-24(21)55-16-26(48)41-13-3-1-2-12-40-22-6-4-5-19-27(22)36(54)46(35(19)53)23-9-10-25(47)44-34(23)52/h4-8,11,14-15,17,23,28-31,37,40,49-51H,1-3,9-10,12-13,16H2,(H,41,48)(H2,39,42,43)(H,44,47,52)/t23?,28-,29+,30-,31-,37-/m1/s1. The maximum Gasteiger partial charge on any atom is 0.264 e. The average molecular weight is 791 g/mol. The van der Waals surface area contributed by atoms with Crippen molar-refractivity contribution >= 4 is 63.7 Å². The third-order valence-corrected chi connectivity index (χ3v) is 10.3. The largest absolute Gasteiger partial charge is 0.482 e. The molecule has 2 saturated heterocycles. The summed E-state index contributed by atoms with van der Waals surface area (Å²) in [5, 5.41) is 41.8. The number of aliphatic hydroxyl groups is 3. The lowest BCUT2D eigenvalue weighted by Gasteiger charge is -2.27. The predicted molar refractivity (Wildman–Crippen MR) is 198 cm³/mol. The Morgan fingerprint density at radius 1 is 1.05 bits per heavy atom. The molecule has 18 nitrogen and oxygen atoms in total. The number of amides is 5. The molecule has 7 rings (SSSR count). The van der Waals surface area contributed by atoms with E-state index in [1.165, 1.54) is 35.2 Å². The van der Waals surface area contributed by atoms with Gasteiger partial charge in [-0.2, -0.15) is 0 Å². The number of nitrogens with zero attached hydrogens (tertiary/aromatic N) is 4. The molecule has 0 bridgehead atoms. The summed E-state index contributed by atoms with van der Waals surface area (Å²) in [6.45, 7) is 0.473. The number of benzene rings is 2. The first-order valence-electron chi connectivity index (χ1n) is 18.0. The van der Waals surface area contributed by atoms with Gasteiger partial charge >= 0.3 is 0 Å². The van der Waals surface area contributed by atoms with Crippen molar-refractivity contribution < 1.29 is 48.8 Å². The fourth-order valence-electron chi connectivity index (χ4n) is 7.11. The molecule has 2 fully saturated rings. The summed E-state index contributed by atoms with van der Waals surface area (Å²) in [5.41, 5.74) is 7.42. The van der Waals surface area contributed by atoms with Gasteiger partial charge in [-0.25, -0.2) is 9.97 Å². The number of aliphatic hydroxyl groups excluding tert-OH is 3. The molecule has 2 aromatic heterocycles. The molecule has 0 radical (unpaired) electrons. The summed E-state index contributed by atoms with van der Waals surface area (Å²) in [7, 11) is 0. The molecule has 19 heteroatoms. The fraction of sp³-hybridized carbons (Fsp3) is 0.378. The molecule has 5 heterocycles. The molecule has 8 N–H and O–H groups in total. The van der Waals surface area contributed by atoms with Crippen molar-refractivity contribution in [2.45, 2.75) is 68.8 Å². The van der Waals surface area contributed by atoms with Gasteiger partial charge in [0.2, 0.25) is 11.8 Å². The first kappa shape index (κ1) is 38.6. The van der Waals surface area contributed by atoms with Crippen molar-refractivity contribution in [1.29, 1.82) is 0 Å². The Bertz CT molecular complexity index is 2200. The van der Waals surface area contributed by atoms with E-state index >= 15 is 0 Å². The summed E-state index contributed by atoms with van der Waals surface area (Å²) < 4.78 is 13.1. The number of piperidine rings is 1. The van der Waals surface area contributed by atoms with Crippen LogP contribution in [0.4, 0.5) is 11.5 Å². The lowest BCUT2D eigenvalue weighted by Crippen LogP contribution is -2.54. The van der Waals surface area contributed by atoms with Crippen LogP contribution in [0.1, 0.15) is 70.7 Å². The van der Waals surface area contributed by atoms with Crippen molar-refractivity contribution in [1.82, 2.24) is 30.1 Å². The van der Waals surface area contributed by atoms with Crippen LogP contribution in [-0.2, 0) is 19.1 Å². The number of imide groups is 2. The number of carbonyl (C=O) groups is 5. The molecular formula is C37H39ClN8O10. The Morgan fingerprint density at radius 3 is 2.66 bits per heavy atom. The predicted octanol–water partition coefficient (Wildman–Crippen LogP) is 1.20. The zero-order chi connectivity index (χ0) is 39.7. The number of nitrogens with one attached hydrogen (secondary N) is 3. The second kappa shape index (κ2) is 16.2. The van der Waals surface area contributed by atoms with Crippen molar-refractivity contribution in [3.05, 3.63) is 76.7 Å². The molecule has 0 saturated carbocycles. The molecule has 0 aliphatic carbocycles. The molecule has 3 aliphatic heterocycles. The summed E-state index contributed by atoms with van der Waals surface area (Å²) in [6, 6.07) is 9.90. The third kappa shape index (κ3) is 7.48. The Hall–Kier alpha value is -5.66. The molecular weight excluding hydrogens is 752 g/mol. The Balaban J connectivity index is 0.850. The summed E-state index contributed by atoms with van der Waals surface area (Å²) >= 11 is 6.32. The number of nitrogen functional groups attached to an aromatic ring is 1. The van der Waals surface area contributed by atoms with Gasteiger partial charge in [0.25, 0.3) is 17.7 Å². The minimum absolute atomic E-state index is 0.0372. The van der Waals surface area contributed by atoms with E-state index in [4.69, 9.17) is 26.8 Å². The number of halogens is 1. The highest BCUT2D eigenvalue weighted by molar-refractivity contribution is 6.32. The number of rotatable bonds is 14. The van der Waals surface area contributed by atoms with Gasteiger partial charge in [0.05, 0.1) is 21.5 Å². The topological polar surface area (TPSA) is 261 Å². The zero-order valence-corrected chi connectivity index (χ0v) is 30.5. The number of hydrogen-bond donors (Lipinski definition) is 7. The highest BCUT2D eigenvalue weighted by Crippen LogP contribution is 2.39.